The molecule has 4 heteroatoms. The Labute approximate surface area is 66.4 Å². The predicted molar refractivity (Wildman–Crippen MR) is 41.5 cm³/mol. The fourth-order valence-electron chi connectivity index (χ4n) is 0.614. The van der Waals surface area contributed by atoms with E-state index in [0.717, 1.165) is 0 Å². The molecule has 11 heavy (non-hydrogen) atoms. The van der Waals surface area contributed by atoms with E-state index >= 15 is 0 Å². The fraction of sp³-hybridized carbons (Fsp3) is 0.714. The van der Waals surface area contributed by atoms with Gasteiger partial charge in [-0.15, -0.1) is 0 Å². The smallest absolute Gasteiger partial charge is 0.222 e. The van der Waals surface area contributed by atoms with Gasteiger partial charge < -0.3 is 11.1 Å². The molecule has 4 nitrogen and oxygen atoms in total. The van der Waals surface area contributed by atoms with Gasteiger partial charge in [0.05, 0.1) is 6.07 Å². The van der Waals surface area contributed by atoms with E-state index in [1.54, 1.807) is 13.8 Å². The Morgan fingerprint density at radius 3 is 2.64 bits per heavy atom. The molecule has 0 aliphatic rings. The zero-order chi connectivity index (χ0) is 8.91. The summed E-state index contributed by atoms with van der Waals surface area (Å²) in [6.07, 6.45) is 0.245. The van der Waals surface area contributed by atoms with Crippen molar-refractivity contribution >= 4 is 5.91 Å². The van der Waals surface area contributed by atoms with Crippen LogP contribution in [0, 0.1) is 11.3 Å². The molecule has 1 amide bonds. The third-order valence-electron chi connectivity index (χ3n) is 0.981. The lowest BCUT2D eigenvalue weighted by Crippen LogP contribution is -2.39. The lowest BCUT2D eigenvalue weighted by Gasteiger charge is -2.16. The molecule has 62 valence electrons. The highest BCUT2D eigenvalue weighted by Gasteiger charge is 2.15. The Bertz CT molecular complexity index is 175. The van der Waals surface area contributed by atoms with E-state index in [-0.39, 0.29) is 18.9 Å². The zero-order valence-corrected chi connectivity index (χ0v) is 6.85. The van der Waals surface area contributed by atoms with E-state index in [9.17, 15) is 4.79 Å². The van der Waals surface area contributed by atoms with Crippen LogP contribution in [-0.4, -0.2) is 18.0 Å². The van der Waals surface area contributed by atoms with Gasteiger partial charge in [-0.05, 0) is 13.8 Å². The summed E-state index contributed by atoms with van der Waals surface area (Å²) in [5.74, 6) is -0.181. The van der Waals surface area contributed by atoms with Crippen LogP contribution in [0.5, 0.6) is 0 Å². The molecule has 0 atom stereocenters. The second-order valence-corrected chi connectivity index (χ2v) is 3.10. The predicted octanol–water partition coefficient (Wildman–Crippen LogP) is -0.246. The van der Waals surface area contributed by atoms with Gasteiger partial charge >= 0.3 is 0 Å². The Hall–Kier alpha value is -1.08. The Morgan fingerprint density at radius 2 is 2.27 bits per heavy atom. The van der Waals surface area contributed by atoms with Crippen LogP contribution in [0.15, 0.2) is 0 Å². The van der Waals surface area contributed by atoms with E-state index in [0.29, 0.717) is 0 Å². The second-order valence-electron chi connectivity index (χ2n) is 3.10. The molecular weight excluding hydrogens is 142 g/mol. The van der Waals surface area contributed by atoms with E-state index in [1.807, 2.05) is 6.07 Å². The van der Waals surface area contributed by atoms with E-state index in [4.69, 9.17) is 11.0 Å². The molecule has 0 aromatic heterocycles. The Balaban J connectivity index is 3.64. The number of carbonyl (C=O) groups excluding carboxylic acids is 1. The van der Waals surface area contributed by atoms with Crippen LogP contribution in [-0.2, 0) is 4.79 Å². The quantitative estimate of drug-likeness (QED) is 0.552. The van der Waals surface area contributed by atoms with Crippen LogP contribution in [0.1, 0.15) is 20.3 Å². The van der Waals surface area contributed by atoms with Crippen LogP contribution >= 0.6 is 0 Å². The summed E-state index contributed by atoms with van der Waals surface area (Å²) < 4.78 is 0. The normalized spacial score (nSPS) is 10.4. The van der Waals surface area contributed by atoms with Gasteiger partial charge in [0.25, 0.3) is 0 Å². The van der Waals surface area contributed by atoms with E-state index in [1.165, 1.54) is 0 Å². The molecule has 0 bridgehead atoms. The van der Waals surface area contributed by atoms with Gasteiger partial charge in [0.2, 0.25) is 5.91 Å². The average molecular weight is 155 g/mol. The number of rotatable bonds is 3. The van der Waals surface area contributed by atoms with Crippen molar-refractivity contribution in [2.24, 2.45) is 5.73 Å². The number of hydrogen-bond donors (Lipinski definition) is 2. The third kappa shape index (κ3) is 6.81. The molecule has 0 saturated carbocycles. The summed E-state index contributed by atoms with van der Waals surface area (Å²) in [6.45, 7) is 3.58. The van der Waals surface area contributed by atoms with Crippen molar-refractivity contribution in [2.75, 3.05) is 6.54 Å². The molecule has 3 N–H and O–H groups in total. The largest absolute Gasteiger partial charge is 0.343 e. The summed E-state index contributed by atoms with van der Waals surface area (Å²) in [5, 5.41) is 10.5. The molecule has 0 aromatic carbocycles. The topological polar surface area (TPSA) is 78.9 Å². The number of nitrogens with two attached hydrogens (primary N) is 1. The molecule has 0 heterocycles. The van der Waals surface area contributed by atoms with Gasteiger partial charge in [0, 0.05) is 12.0 Å². The molecule has 0 aromatic rings. The molecule has 0 unspecified atom stereocenters. The van der Waals surface area contributed by atoms with Gasteiger partial charge in [-0.25, -0.2) is 0 Å². The highest BCUT2D eigenvalue weighted by Crippen LogP contribution is 2.01. The lowest BCUT2D eigenvalue weighted by molar-refractivity contribution is -0.121. The van der Waals surface area contributed by atoms with Gasteiger partial charge in [0.15, 0.2) is 0 Å². The minimum Gasteiger partial charge on any atom is -0.343 e. The molecule has 0 spiro atoms. The van der Waals surface area contributed by atoms with Crippen LogP contribution in [0.25, 0.3) is 0 Å². The standard InChI is InChI=1S/C7H13N3O/c1-7(2,9)5-6(11)10-4-3-8/h4-5,9H2,1-2H3,(H,10,11). The third-order valence-corrected chi connectivity index (χ3v) is 0.981. The van der Waals surface area contributed by atoms with Crippen molar-refractivity contribution in [3.8, 4) is 6.07 Å². The number of nitrogens with one attached hydrogen (secondary N) is 1. The lowest BCUT2D eigenvalue weighted by atomic mass is 10.0. The first-order valence-electron chi connectivity index (χ1n) is 3.38. The molecule has 0 radical (unpaired) electrons. The summed E-state index contributed by atoms with van der Waals surface area (Å²) in [7, 11) is 0. The van der Waals surface area contributed by atoms with Crippen LogP contribution in [0.4, 0.5) is 0 Å². The van der Waals surface area contributed by atoms with Crippen LogP contribution in [0.2, 0.25) is 0 Å². The number of carbonyl (C=O) groups is 1. The maximum absolute atomic E-state index is 10.9. The molecule has 0 rings (SSSR count). The zero-order valence-electron chi connectivity index (χ0n) is 6.85. The Morgan fingerprint density at radius 1 is 1.73 bits per heavy atom. The number of nitrogens with zero attached hydrogens (tertiary/aromatic N) is 1. The minimum atomic E-state index is -0.500. The minimum absolute atomic E-state index is 0.0505. The van der Waals surface area contributed by atoms with Gasteiger partial charge in [0.1, 0.15) is 6.54 Å². The van der Waals surface area contributed by atoms with Gasteiger partial charge in [-0.2, -0.15) is 5.26 Å². The van der Waals surface area contributed by atoms with Gasteiger partial charge in [-0.3, -0.25) is 4.79 Å². The maximum Gasteiger partial charge on any atom is 0.222 e. The van der Waals surface area contributed by atoms with Crippen LogP contribution in [0.3, 0.4) is 0 Å². The highest BCUT2D eigenvalue weighted by atomic mass is 16.1. The fourth-order valence-corrected chi connectivity index (χ4v) is 0.614. The summed E-state index contributed by atoms with van der Waals surface area (Å²) >= 11 is 0. The molecule has 0 aliphatic carbocycles. The summed E-state index contributed by atoms with van der Waals surface area (Å²) in [5.41, 5.74) is 5.06. The molecular formula is C7H13N3O. The number of nitriles is 1. The van der Waals surface area contributed by atoms with Crippen molar-refractivity contribution in [2.45, 2.75) is 25.8 Å². The van der Waals surface area contributed by atoms with Crippen molar-refractivity contribution < 1.29 is 4.79 Å². The number of amides is 1. The number of hydrogen-bond acceptors (Lipinski definition) is 3. The van der Waals surface area contributed by atoms with Crippen molar-refractivity contribution in [3.63, 3.8) is 0 Å². The average Bonchev–Trinajstić information content (AvgIpc) is 1.79. The first kappa shape index (κ1) is 9.92. The second kappa shape index (κ2) is 3.94. The first-order chi connectivity index (χ1) is 4.95. The van der Waals surface area contributed by atoms with Gasteiger partial charge in [-0.1, -0.05) is 0 Å². The van der Waals surface area contributed by atoms with Crippen molar-refractivity contribution in [3.05, 3.63) is 0 Å². The van der Waals surface area contributed by atoms with E-state index in [2.05, 4.69) is 5.32 Å². The highest BCUT2D eigenvalue weighted by molar-refractivity contribution is 5.77. The van der Waals surface area contributed by atoms with Crippen LogP contribution < -0.4 is 11.1 Å². The summed E-state index contributed by atoms with van der Waals surface area (Å²) in [4.78, 5) is 10.9. The Kier molecular flexibility index (Phi) is 3.55. The SMILES string of the molecule is CC(C)(N)CC(=O)NCC#N. The first-order valence-corrected chi connectivity index (χ1v) is 3.38. The monoisotopic (exact) mass is 155 g/mol. The van der Waals surface area contributed by atoms with Crippen molar-refractivity contribution in [1.29, 1.82) is 5.26 Å². The van der Waals surface area contributed by atoms with E-state index < -0.39 is 5.54 Å². The maximum atomic E-state index is 10.9. The summed E-state index contributed by atoms with van der Waals surface area (Å²) in [6, 6.07) is 1.81. The van der Waals surface area contributed by atoms with Crippen molar-refractivity contribution in [1.82, 2.24) is 5.32 Å². The molecule has 0 saturated heterocycles. The molecule has 0 aliphatic heterocycles. The molecule has 0 fully saturated rings.